The fourth-order valence-corrected chi connectivity index (χ4v) is 1.38. The number of Topliss-reactive ketones (excluding diaryl/α,β-unsaturated/α-hetero) is 1. The lowest BCUT2D eigenvalue weighted by Crippen LogP contribution is -2.31. The number of carbonyl (C=O) groups excluding carboxylic acids is 1. The van der Waals surface area contributed by atoms with Gasteiger partial charge in [0.1, 0.15) is 4.47 Å². The van der Waals surface area contributed by atoms with Crippen LogP contribution in [-0.4, -0.2) is 15.3 Å². The number of nitrogens with zero attached hydrogens (tertiary/aromatic N) is 2. The van der Waals surface area contributed by atoms with Gasteiger partial charge in [0.05, 0.1) is 18.6 Å². The van der Waals surface area contributed by atoms with Crippen LogP contribution in [0.25, 0.3) is 0 Å². The molecule has 0 radical (unpaired) electrons. The molecule has 0 aliphatic heterocycles. The molecule has 0 fully saturated rings. The number of rotatable bonds is 2. The minimum absolute atomic E-state index is 0.00662. The first-order valence-corrected chi connectivity index (χ1v) is 5.77. The van der Waals surface area contributed by atoms with Crippen molar-refractivity contribution in [1.82, 2.24) is 9.55 Å². The fraction of sp³-hybridized carbons (Fsp3) is 0.545. The van der Waals surface area contributed by atoms with Gasteiger partial charge >= 0.3 is 0 Å². The van der Waals surface area contributed by atoms with Crippen molar-refractivity contribution in [3.05, 3.63) is 26.8 Å². The van der Waals surface area contributed by atoms with Gasteiger partial charge in [-0.1, -0.05) is 20.8 Å². The van der Waals surface area contributed by atoms with Gasteiger partial charge in [0, 0.05) is 5.41 Å². The largest absolute Gasteiger partial charge is 0.297 e. The molecule has 16 heavy (non-hydrogen) atoms. The SMILES string of the molecule is Cc1ncn(CC(=O)C(C)(C)C)c(=O)c1Br. The molecule has 0 amide bonds. The highest BCUT2D eigenvalue weighted by Crippen LogP contribution is 2.15. The Kier molecular flexibility index (Phi) is 3.68. The lowest BCUT2D eigenvalue weighted by molar-refractivity contribution is -0.126. The molecule has 0 bridgehead atoms. The normalized spacial score (nSPS) is 11.6. The summed E-state index contributed by atoms with van der Waals surface area (Å²) in [5, 5.41) is 0. The van der Waals surface area contributed by atoms with Crippen molar-refractivity contribution >= 4 is 21.7 Å². The van der Waals surface area contributed by atoms with Gasteiger partial charge in [-0.15, -0.1) is 0 Å². The van der Waals surface area contributed by atoms with Crippen LogP contribution in [0, 0.1) is 12.3 Å². The zero-order chi connectivity index (χ0) is 12.5. The third kappa shape index (κ3) is 2.78. The molecule has 0 saturated carbocycles. The minimum Gasteiger partial charge on any atom is -0.297 e. The first-order valence-electron chi connectivity index (χ1n) is 4.98. The summed E-state index contributed by atoms with van der Waals surface area (Å²) in [5.74, 6) is 0.00662. The number of aryl methyl sites for hydroxylation is 1. The Labute approximate surface area is 103 Å². The molecule has 88 valence electrons. The molecule has 0 atom stereocenters. The molecular weight excluding hydrogens is 272 g/mol. The summed E-state index contributed by atoms with van der Waals surface area (Å²) in [5.41, 5.74) is -0.0360. The van der Waals surface area contributed by atoms with E-state index < -0.39 is 5.41 Å². The lowest BCUT2D eigenvalue weighted by atomic mass is 9.91. The standard InChI is InChI=1S/C11H15BrN2O2/c1-7-9(12)10(16)14(6-13-7)5-8(15)11(2,3)4/h6H,5H2,1-4H3. The second-order valence-electron chi connectivity index (χ2n) is 4.75. The first-order chi connectivity index (χ1) is 7.23. The van der Waals surface area contributed by atoms with Gasteiger partial charge in [-0.25, -0.2) is 4.98 Å². The number of ketones is 1. The summed E-state index contributed by atoms with van der Waals surface area (Å²) in [6.45, 7) is 7.29. The molecule has 0 saturated heterocycles. The summed E-state index contributed by atoms with van der Waals surface area (Å²) >= 11 is 3.16. The number of halogens is 1. The zero-order valence-corrected chi connectivity index (χ0v) is 11.5. The zero-order valence-electron chi connectivity index (χ0n) is 9.87. The van der Waals surface area contributed by atoms with Crippen LogP contribution >= 0.6 is 15.9 Å². The average molecular weight is 287 g/mol. The molecule has 4 nitrogen and oxygen atoms in total. The van der Waals surface area contributed by atoms with E-state index in [-0.39, 0.29) is 17.9 Å². The van der Waals surface area contributed by atoms with E-state index in [9.17, 15) is 9.59 Å². The van der Waals surface area contributed by atoms with E-state index in [0.29, 0.717) is 10.2 Å². The van der Waals surface area contributed by atoms with Crippen LogP contribution in [0.4, 0.5) is 0 Å². The molecule has 0 aliphatic rings. The average Bonchev–Trinajstić information content (AvgIpc) is 2.17. The maximum atomic E-state index is 11.8. The Morgan fingerprint density at radius 2 is 2.06 bits per heavy atom. The monoisotopic (exact) mass is 286 g/mol. The van der Waals surface area contributed by atoms with Crippen LogP contribution in [0.3, 0.4) is 0 Å². The molecular formula is C11H15BrN2O2. The molecule has 1 aromatic rings. The van der Waals surface area contributed by atoms with Gasteiger partial charge in [-0.05, 0) is 22.9 Å². The van der Waals surface area contributed by atoms with Crippen molar-refractivity contribution in [2.24, 2.45) is 5.41 Å². The molecule has 5 heteroatoms. The summed E-state index contributed by atoms with van der Waals surface area (Å²) in [4.78, 5) is 27.6. The van der Waals surface area contributed by atoms with Crippen molar-refractivity contribution < 1.29 is 4.79 Å². The molecule has 0 unspecified atom stereocenters. The van der Waals surface area contributed by atoms with Crippen LogP contribution in [0.15, 0.2) is 15.6 Å². The predicted molar refractivity (Wildman–Crippen MR) is 65.4 cm³/mol. The minimum atomic E-state index is -0.448. The Morgan fingerprint density at radius 3 is 2.56 bits per heavy atom. The van der Waals surface area contributed by atoms with Crippen molar-refractivity contribution in [2.45, 2.75) is 34.2 Å². The number of hydrogen-bond donors (Lipinski definition) is 0. The van der Waals surface area contributed by atoms with Crippen LogP contribution in [0.5, 0.6) is 0 Å². The molecule has 0 aliphatic carbocycles. The number of hydrogen-bond acceptors (Lipinski definition) is 3. The molecule has 1 heterocycles. The second kappa shape index (κ2) is 4.49. The third-order valence-corrected chi connectivity index (χ3v) is 3.22. The fourth-order valence-electron chi connectivity index (χ4n) is 1.05. The van der Waals surface area contributed by atoms with Crippen LogP contribution < -0.4 is 5.56 Å². The quantitative estimate of drug-likeness (QED) is 0.835. The summed E-state index contributed by atoms with van der Waals surface area (Å²) in [7, 11) is 0. The highest BCUT2D eigenvalue weighted by molar-refractivity contribution is 9.10. The van der Waals surface area contributed by atoms with E-state index in [2.05, 4.69) is 20.9 Å². The van der Waals surface area contributed by atoms with Crippen LogP contribution in [0.2, 0.25) is 0 Å². The lowest BCUT2D eigenvalue weighted by Gasteiger charge is -2.17. The van der Waals surface area contributed by atoms with Crippen molar-refractivity contribution in [3.8, 4) is 0 Å². The van der Waals surface area contributed by atoms with Crippen molar-refractivity contribution in [1.29, 1.82) is 0 Å². The Morgan fingerprint density at radius 1 is 1.50 bits per heavy atom. The smallest absolute Gasteiger partial charge is 0.268 e. The van der Waals surface area contributed by atoms with E-state index in [1.54, 1.807) is 6.92 Å². The molecule has 0 aromatic carbocycles. The van der Waals surface area contributed by atoms with Gasteiger partial charge < -0.3 is 0 Å². The Hall–Kier alpha value is -0.970. The molecule has 0 N–H and O–H groups in total. The van der Waals surface area contributed by atoms with Gasteiger partial charge in [-0.3, -0.25) is 14.2 Å². The molecule has 1 rings (SSSR count). The maximum Gasteiger partial charge on any atom is 0.268 e. The van der Waals surface area contributed by atoms with Gasteiger partial charge in [0.2, 0.25) is 0 Å². The highest BCUT2D eigenvalue weighted by atomic mass is 79.9. The third-order valence-electron chi connectivity index (χ3n) is 2.31. The van der Waals surface area contributed by atoms with E-state index in [1.807, 2.05) is 20.8 Å². The van der Waals surface area contributed by atoms with Crippen LogP contribution in [-0.2, 0) is 11.3 Å². The molecule has 1 aromatic heterocycles. The van der Waals surface area contributed by atoms with E-state index >= 15 is 0 Å². The summed E-state index contributed by atoms with van der Waals surface area (Å²) < 4.78 is 1.74. The number of carbonyl (C=O) groups is 1. The Balaban J connectivity index is 3.05. The predicted octanol–water partition coefficient (Wildman–Crippen LogP) is 1.93. The van der Waals surface area contributed by atoms with Gasteiger partial charge in [0.15, 0.2) is 5.78 Å². The summed E-state index contributed by atoms with van der Waals surface area (Å²) in [6.07, 6.45) is 1.41. The van der Waals surface area contributed by atoms with E-state index in [4.69, 9.17) is 0 Å². The Bertz CT molecular complexity index is 472. The maximum absolute atomic E-state index is 11.8. The first kappa shape index (κ1) is 13.1. The topological polar surface area (TPSA) is 52.0 Å². The second-order valence-corrected chi connectivity index (χ2v) is 5.54. The highest BCUT2D eigenvalue weighted by Gasteiger charge is 2.22. The van der Waals surface area contributed by atoms with Crippen molar-refractivity contribution in [2.75, 3.05) is 0 Å². The van der Waals surface area contributed by atoms with E-state index in [0.717, 1.165) is 0 Å². The van der Waals surface area contributed by atoms with E-state index in [1.165, 1.54) is 10.9 Å². The van der Waals surface area contributed by atoms with Crippen molar-refractivity contribution in [3.63, 3.8) is 0 Å². The molecule has 0 spiro atoms. The number of aromatic nitrogens is 2. The van der Waals surface area contributed by atoms with Gasteiger partial charge in [0.25, 0.3) is 5.56 Å². The van der Waals surface area contributed by atoms with Gasteiger partial charge in [-0.2, -0.15) is 0 Å². The van der Waals surface area contributed by atoms with Crippen LogP contribution in [0.1, 0.15) is 26.5 Å². The summed E-state index contributed by atoms with van der Waals surface area (Å²) in [6, 6.07) is 0.